The highest BCUT2D eigenvalue weighted by Gasteiger charge is 2.26. The van der Waals surface area contributed by atoms with E-state index in [1.807, 2.05) is 13.8 Å². The van der Waals surface area contributed by atoms with E-state index in [9.17, 15) is 19.0 Å². The summed E-state index contributed by atoms with van der Waals surface area (Å²) in [6.45, 7) is 8.08. The van der Waals surface area contributed by atoms with Crippen LogP contribution in [-0.4, -0.2) is 55.3 Å². The molecular formula is C32H64NO8P. The van der Waals surface area contributed by atoms with E-state index in [0.717, 1.165) is 32.1 Å². The van der Waals surface area contributed by atoms with Gasteiger partial charge >= 0.3 is 19.8 Å². The molecule has 0 saturated carbocycles. The Morgan fingerprint density at radius 2 is 1.12 bits per heavy atom. The number of nitrogens with one attached hydrogen (secondary N) is 1. The smallest absolute Gasteiger partial charge is 0.462 e. The van der Waals surface area contributed by atoms with E-state index in [2.05, 4.69) is 19.2 Å². The second kappa shape index (κ2) is 28.8. The fourth-order valence-corrected chi connectivity index (χ4v) is 5.25. The molecule has 42 heavy (non-hydrogen) atoms. The molecule has 0 saturated heterocycles. The van der Waals surface area contributed by atoms with Crippen molar-refractivity contribution in [1.29, 1.82) is 0 Å². The maximum absolute atomic E-state index is 12.5. The molecular weight excluding hydrogens is 557 g/mol. The lowest BCUT2D eigenvalue weighted by Gasteiger charge is -2.20. The Hall–Kier alpha value is -0.990. The minimum absolute atomic E-state index is 0.0112. The van der Waals surface area contributed by atoms with E-state index in [4.69, 9.17) is 18.5 Å². The molecule has 0 amide bonds. The SMILES string of the molecule is CCCCCCCCCCCC(=O)OCC(COP(=O)(O)OCCNC(C)C)OC(=O)CCCCCCCCCCC. The third kappa shape index (κ3) is 29.1. The quantitative estimate of drug-likeness (QED) is 0.0446. The standard InChI is InChI=1S/C32H64NO8P/c1-5-7-9-11-13-15-17-19-21-23-31(34)38-27-30(28-40-42(36,37)39-26-25-33-29(3)4)41-32(35)24-22-20-18-16-14-12-10-8-6-2/h29-30,33H,5-28H2,1-4H3,(H,36,37). The van der Waals surface area contributed by atoms with Crippen molar-refractivity contribution in [3.05, 3.63) is 0 Å². The molecule has 0 aromatic carbocycles. The third-order valence-electron chi connectivity index (χ3n) is 7.03. The van der Waals surface area contributed by atoms with Crippen LogP contribution >= 0.6 is 7.82 Å². The maximum atomic E-state index is 12.5. The predicted molar refractivity (Wildman–Crippen MR) is 169 cm³/mol. The molecule has 2 atom stereocenters. The van der Waals surface area contributed by atoms with Crippen molar-refractivity contribution in [2.45, 2.75) is 168 Å². The van der Waals surface area contributed by atoms with Crippen LogP contribution in [0.3, 0.4) is 0 Å². The van der Waals surface area contributed by atoms with Gasteiger partial charge in [-0.15, -0.1) is 0 Å². The molecule has 0 radical (unpaired) electrons. The molecule has 2 N–H and O–H groups in total. The molecule has 0 aliphatic carbocycles. The lowest BCUT2D eigenvalue weighted by atomic mass is 10.1. The maximum Gasteiger partial charge on any atom is 0.472 e. The van der Waals surface area contributed by atoms with Gasteiger partial charge < -0.3 is 19.7 Å². The number of unbranched alkanes of at least 4 members (excludes halogenated alkanes) is 16. The van der Waals surface area contributed by atoms with E-state index in [1.165, 1.54) is 77.0 Å². The topological polar surface area (TPSA) is 120 Å². The number of hydrogen-bond donors (Lipinski definition) is 2. The highest BCUT2D eigenvalue weighted by Crippen LogP contribution is 2.43. The molecule has 0 fully saturated rings. The van der Waals surface area contributed by atoms with Crippen molar-refractivity contribution in [3.63, 3.8) is 0 Å². The van der Waals surface area contributed by atoms with Gasteiger partial charge in [-0.2, -0.15) is 0 Å². The van der Waals surface area contributed by atoms with E-state index < -0.39 is 26.5 Å². The van der Waals surface area contributed by atoms with Gasteiger partial charge in [0.05, 0.1) is 13.2 Å². The predicted octanol–water partition coefficient (Wildman–Crippen LogP) is 8.41. The zero-order valence-corrected chi connectivity index (χ0v) is 28.3. The summed E-state index contributed by atoms with van der Waals surface area (Å²) in [5.74, 6) is -0.808. The molecule has 0 aromatic rings. The Balaban J connectivity index is 4.47. The van der Waals surface area contributed by atoms with Crippen LogP contribution < -0.4 is 5.32 Å². The average molecular weight is 622 g/mol. The number of carbonyl (C=O) groups is 2. The Labute approximate surface area is 257 Å². The number of esters is 2. The molecule has 0 bridgehead atoms. The Morgan fingerprint density at radius 1 is 0.667 bits per heavy atom. The third-order valence-corrected chi connectivity index (χ3v) is 8.01. The van der Waals surface area contributed by atoms with Crippen LogP contribution in [-0.2, 0) is 32.7 Å². The van der Waals surface area contributed by atoms with E-state index >= 15 is 0 Å². The molecule has 0 rings (SSSR count). The second-order valence-corrected chi connectivity index (χ2v) is 13.1. The number of rotatable bonds is 31. The van der Waals surface area contributed by atoms with Gasteiger partial charge in [-0.25, -0.2) is 4.57 Å². The zero-order chi connectivity index (χ0) is 31.3. The normalized spacial score (nSPS) is 13.7. The molecule has 0 spiro atoms. The zero-order valence-electron chi connectivity index (χ0n) is 27.4. The van der Waals surface area contributed by atoms with E-state index in [0.29, 0.717) is 19.4 Å². The van der Waals surface area contributed by atoms with Gasteiger partial charge in [-0.05, 0) is 12.8 Å². The molecule has 10 heteroatoms. The monoisotopic (exact) mass is 621 g/mol. The highest BCUT2D eigenvalue weighted by molar-refractivity contribution is 7.47. The van der Waals surface area contributed by atoms with Crippen molar-refractivity contribution < 1.29 is 37.6 Å². The fourth-order valence-electron chi connectivity index (χ4n) is 4.50. The molecule has 9 nitrogen and oxygen atoms in total. The lowest BCUT2D eigenvalue weighted by Crippen LogP contribution is -2.30. The molecule has 250 valence electrons. The Morgan fingerprint density at radius 3 is 1.60 bits per heavy atom. The summed E-state index contributed by atoms with van der Waals surface area (Å²) in [5.41, 5.74) is 0. The van der Waals surface area contributed by atoms with Crippen molar-refractivity contribution in [3.8, 4) is 0 Å². The van der Waals surface area contributed by atoms with Gasteiger partial charge in [0.25, 0.3) is 0 Å². The van der Waals surface area contributed by atoms with Gasteiger partial charge in [0.2, 0.25) is 0 Å². The van der Waals surface area contributed by atoms with Crippen molar-refractivity contribution in [1.82, 2.24) is 5.32 Å². The lowest BCUT2D eigenvalue weighted by molar-refractivity contribution is -0.161. The van der Waals surface area contributed by atoms with Crippen molar-refractivity contribution in [2.24, 2.45) is 0 Å². The summed E-state index contributed by atoms with van der Waals surface area (Å²) in [6, 6.07) is 0.215. The highest BCUT2D eigenvalue weighted by atomic mass is 31.2. The largest absolute Gasteiger partial charge is 0.472 e. The first kappa shape index (κ1) is 41.0. The van der Waals surface area contributed by atoms with E-state index in [1.54, 1.807) is 0 Å². The molecule has 0 aliphatic heterocycles. The number of hydrogen-bond acceptors (Lipinski definition) is 8. The summed E-state index contributed by atoms with van der Waals surface area (Å²) in [6.07, 6.45) is 20.1. The Kier molecular flexibility index (Phi) is 28.1. The van der Waals surface area contributed by atoms with Gasteiger partial charge in [0, 0.05) is 25.4 Å². The first-order valence-corrected chi connectivity index (χ1v) is 18.4. The minimum Gasteiger partial charge on any atom is -0.462 e. The van der Waals surface area contributed by atoms with Crippen LogP contribution in [0.25, 0.3) is 0 Å². The number of phosphoric acid groups is 1. The van der Waals surface area contributed by atoms with Crippen molar-refractivity contribution in [2.75, 3.05) is 26.4 Å². The van der Waals surface area contributed by atoms with Crippen molar-refractivity contribution >= 4 is 19.8 Å². The van der Waals surface area contributed by atoms with Gasteiger partial charge in [-0.3, -0.25) is 18.6 Å². The second-order valence-electron chi connectivity index (χ2n) is 11.7. The molecule has 0 heterocycles. The van der Waals surface area contributed by atoms with Crippen LogP contribution in [0.15, 0.2) is 0 Å². The van der Waals surface area contributed by atoms with Crippen LogP contribution in [0, 0.1) is 0 Å². The number of phosphoric ester groups is 1. The molecule has 2 unspecified atom stereocenters. The molecule has 0 aromatic heterocycles. The van der Waals surface area contributed by atoms with Crippen LogP contribution in [0.2, 0.25) is 0 Å². The van der Waals surface area contributed by atoms with Crippen LogP contribution in [0.1, 0.15) is 156 Å². The summed E-state index contributed by atoms with van der Waals surface area (Å²) in [7, 11) is -4.35. The van der Waals surface area contributed by atoms with Crippen LogP contribution in [0.5, 0.6) is 0 Å². The van der Waals surface area contributed by atoms with E-state index in [-0.39, 0.29) is 31.6 Å². The first-order valence-electron chi connectivity index (χ1n) is 16.9. The van der Waals surface area contributed by atoms with Gasteiger partial charge in [-0.1, -0.05) is 130 Å². The van der Waals surface area contributed by atoms with Crippen LogP contribution in [0.4, 0.5) is 0 Å². The number of carbonyl (C=O) groups excluding carboxylic acids is 2. The summed E-state index contributed by atoms with van der Waals surface area (Å²) in [4.78, 5) is 34.8. The molecule has 0 aliphatic rings. The Bertz CT molecular complexity index is 691. The number of ether oxygens (including phenoxy) is 2. The minimum atomic E-state index is -4.35. The van der Waals surface area contributed by atoms with Gasteiger partial charge in [0.15, 0.2) is 6.10 Å². The first-order chi connectivity index (χ1) is 20.2. The average Bonchev–Trinajstić information content (AvgIpc) is 2.95. The summed E-state index contributed by atoms with van der Waals surface area (Å²) in [5, 5.41) is 3.08. The fraction of sp³-hybridized carbons (Fsp3) is 0.938. The summed E-state index contributed by atoms with van der Waals surface area (Å²) >= 11 is 0. The summed E-state index contributed by atoms with van der Waals surface area (Å²) < 4.78 is 33.2. The van der Waals surface area contributed by atoms with Gasteiger partial charge in [0.1, 0.15) is 6.61 Å².